The first kappa shape index (κ1) is 10.6. The summed E-state index contributed by atoms with van der Waals surface area (Å²) in [5.74, 6) is 2.44. The number of amides is 1. The lowest BCUT2D eigenvalue weighted by atomic mass is 9.87. The molecule has 0 aromatic rings. The first-order valence-electron chi connectivity index (χ1n) is 6.76. The number of carbonyl (C=O) groups is 1. The lowest BCUT2D eigenvalue weighted by molar-refractivity contribution is -0.138. The van der Waals surface area contributed by atoms with E-state index in [4.69, 9.17) is 0 Å². The summed E-state index contributed by atoms with van der Waals surface area (Å²) in [4.78, 5) is 14.5. The summed E-state index contributed by atoms with van der Waals surface area (Å²) in [6, 6.07) is 0.469. The lowest BCUT2D eigenvalue weighted by Gasteiger charge is -2.35. The minimum atomic E-state index is 0.379. The van der Waals surface area contributed by atoms with Crippen LogP contribution in [0, 0.1) is 17.8 Å². The van der Waals surface area contributed by atoms with E-state index in [1.54, 1.807) is 0 Å². The van der Waals surface area contributed by atoms with Gasteiger partial charge in [-0.2, -0.15) is 0 Å². The second kappa shape index (κ2) is 4.02. The van der Waals surface area contributed by atoms with Gasteiger partial charge in [-0.05, 0) is 38.0 Å². The summed E-state index contributed by atoms with van der Waals surface area (Å²) in [6.45, 7) is 4.96. The normalized spacial score (nSPS) is 42.7. The molecule has 3 heteroatoms. The average Bonchev–Trinajstić information content (AvgIpc) is 2.89. The van der Waals surface area contributed by atoms with Crippen LogP contribution in [0.3, 0.4) is 0 Å². The highest BCUT2D eigenvalue weighted by molar-refractivity contribution is 5.79. The molecule has 3 aliphatic rings. The van der Waals surface area contributed by atoms with E-state index in [2.05, 4.69) is 17.1 Å². The minimum Gasteiger partial charge on any atom is -0.340 e. The first-order chi connectivity index (χ1) is 7.74. The molecule has 1 heterocycles. The average molecular weight is 222 g/mol. The maximum absolute atomic E-state index is 12.4. The van der Waals surface area contributed by atoms with Crippen molar-refractivity contribution < 1.29 is 4.79 Å². The highest BCUT2D eigenvalue weighted by Crippen LogP contribution is 2.48. The molecular weight excluding hydrogens is 200 g/mol. The Balaban J connectivity index is 1.64. The third-order valence-electron chi connectivity index (χ3n) is 4.74. The Morgan fingerprint density at radius 3 is 2.81 bits per heavy atom. The van der Waals surface area contributed by atoms with E-state index in [9.17, 15) is 4.79 Å². The Bertz CT molecular complexity index is 292. The molecule has 1 saturated heterocycles. The van der Waals surface area contributed by atoms with E-state index < -0.39 is 0 Å². The number of nitrogens with zero attached hydrogens (tertiary/aromatic N) is 1. The van der Waals surface area contributed by atoms with Crippen LogP contribution in [0.25, 0.3) is 0 Å². The molecule has 0 spiro atoms. The Morgan fingerprint density at radius 2 is 2.19 bits per heavy atom. The fourth-order valence-electron chi connectivity index (χ4n) is 3.91. The predicted octanol–water partition coefficient (Wildman–Crippen LogP) is 1.24. The van der Waals surface area contributed by atoms with Gasteiger partial charge in [0.2, 0.25) is 5.91 Å². The largest absolute Gasteiger partial charge is 0.340 e. The quantitative estimate of drug-likeness (QED) is 0.724. The van der Waals surface area contributed by atoms with Crippen LogP contribution in [0.5, 0.6) is 0 Å². The summed E-state index contributed by atoms with van der Waals surface area (Å²) < 4.78 is 0. The topological polar surface area (TPSA) is 32.3 Å². The SMILES string of the molecule is C[C@@H]1CN(C(=O)C2CC3CCC2C3)CCN1. The van der Waals surface area contributed by atoms with Crippen molar-refractivity contribution in [3.8, 4) is 0 Å². The number of rotatable bonds is 1. The van der Waals surface area contributed by atoms with E-state index in [1.165, 1.54) is 25.7 Å². The predicted molar refractivity (Wildman–Crippen MR) is 63.0 cm³/mol. The lowest BCUT2D eigenvalue weighted by Crippen LogP contribution is -2.53. The second-order valence-electron chi connectivity index (χ2n) is 5.92. The standard InChI is InChI=1S/C13H22N2O/c1-9-8-15(5-4-14-9)13(16)12-7-10-2-3-11(12)6-10/h9-12,14H,2-8H2,1H3/t9-,10?,11?,12?/m1/s1. The smallest absolute Gasteiger partial charge is 0.226 e. The van der Waals surface area contributed by atoms with Gasteiger partial charge in [-0.1, -0.05) is 6.42 Å². The van der Waals surface area contributed by atoms with Gasteiger partial charge in [-0.3, -0.25) is 4.79 Å². The molecule has 16 heavy (non-hydrogen) atoms. The summed E-state index contributed by atoms with van der Waals surface area (Å²) in [7, 11) is 0. The molecule has 1 N–H and O–H groups in total. The Hall–Kier alpha value is -0.570. The third kappa shape index (κ3) is 1.75. The summed E-state index contributed by atoms with van der Waals surface area (Å²) in [6.07, 6.45) is 5.20. The van der Waals surface area contributed by atoms with Crippen LogP contribution < -0.4 is 5.32 Å². The Morgan fingerprint density at radius 1 is 1.31 bits per heavy atom. The third-order valence-corrected chi connectivity index (χ3v) is 4.74. The van der Waals surface area contributed by atoms with Crippen LogP contribution in [-0.2, 0) is 4.79 Å². The van der Waals surface area contributed by atoms with E-state index in [0.29, 0.717) is 17.9 Å². The van der Waals surface area contributed by atoms with Gasteiger partial charge in [-0.25, -0.2) is 0 Å². The fraction of sp³-hybridized carbons (Fsp3) is 0.923. The monoisotopic (exact) mass is 222 g/mol. The second-order valence-corrected chi connectivity index (χ2v) is 5.92. The fourth-order valence-corrected chi connectivity index (χ4v) is 3.91. The molecule has 3 rings (SSSR count). The summed E-state index contributed by atoms with van der Waals surface area (Å²) in [5, 5.41) is 3.40. The number of fused-ring (bicyclic) bond motifs is 2. The van der Waals surface area contributed by atoms with Gasteiger partial charge in [0.15, 0.2) is 0 Å². The number of piperazine rings is 1. The van der Waals surface area contributed by atoms with Crippen molar-refractivity contribution in [2.24, 2.45) is 17.8 Å². The summed E-state index contributed by atoms with van der Waals surface area (Å²) >= 11 is 0. The van der Waals surface area contributed by atoms with Gasteiger partial charge in [0.05, 0.1) is 0 Å². The molecule has 0 radical (unpaired) electrons. The zero-order chi connectivity index (χ0) is 11.1. The molecule has 3 fully saturated rings. The maximum atomic E-state index is 12.4. The van der Waals surface area contributed by atoms with Gasteiger partial charge in [0.25, 0.3) is 0 Å². The van der Waals surface area contributed by atoms with Crippen LogP contribution in [-0.4, -0.2) is 36.5 Å². The van der Waals surface area contributed by atoms with Crippen molar-refractivity contribution in [1.82, 2.24) is 10.2 Å². The van der Waals surface area contributed by atoms with Gasteiger partial charge in [0.1, 0.15) is 0 Å². The first-order valence-corrected chi connectivity index (χ1v) is 6.76. The molecule has 3 nitrogen and oxygen atoms in total. The van der Waals surface area contributed by atoms with Crippen molar-refractivity contribution in [2.75, 3.05) is 19.6 Å². The van der Waals surface area contributed by atoms with Crippen LogP contribution in [0.1, 0.15) is 32.6 Å². The molecule has 4 atom stereocenters. The van der Waals surface area contributed by atoms with Crippen LogP contribution in [0.4, 0.5) is 0 Å². The van der Waals surface area contributed by atoms with Gasteiger partial charge < -0.3 is 10.2 Å². The molecular formula is C13H22N2O. The molecule has 0 aromatic heterocycles. The zero-order valence-corrected chi connectivity index (χ0v) is 10.1. The van der Waals surface area contributed by atoms with Crippen LogP contribution in [0.2, 0.25) is 0 Å². The highest BCUT2D eigenvalue weighted by atomic mass is 16.2. The maximum Gasteiger partial charge on any atom is 0.226 e. The van der Waals surface area contributed by atoms with Crippen LogP contribution in [0.15, 0.2) is 0 Å². The van der Waals surface area contributed by atoms with Crippen molar-refractivity contribution in [3.05, 3.63) is 0 Å². The van der Waals surface area contributed by atoms with Gasteiger partial charge >= 0.3 is 0 Å². The molecule has 3 unspecified atom stereocenters. The van der Waals surface area contributed by atoms with Crippen molar-refractivity contribution in [1.29, 1.82) is 0 Å². The van der Waals surface area contributed by atoms with Gasteiger partial charge in [-0.15, -0.1) is 0 Å². The van der Waals surface area contributed by atoms with Crippen molar-refractivity contribution >= 4 is 5.91 Å². The minimum absolute atomic E-state index is 0.379. The van der Waals surface area contributed by atoms with E-state index >= 15 is 0 Å². The number of hydrogen-bond acceptors (Lipinski definition) is 2. The molecule has 1 amide bonds. The molecule has 2 saturated carbocycles. The number of hydrogen-bond donors (Lipinski definition) is 1. The van der Waals surface area contributed by atoms with Gasteiger partial charge in [0, 0.05) is 31.6 Å². The zero-order valence-electron chi connectivity index (χ0n) is 10.1. The molecule has 2 aliphatic carbocycles. The molecule has 0 aromatic carbocycles. The highest BCUT2D eigenvalue weighted by Gasteiger charge is 2.44. The van der Waals surface area contributed by atoms with E-state index in [0.717, 1.165) is 31.5 Å². The Kier molecular flexibility index (Phi) is 2.66. The van der Waals surface area contributed by atoms with E-state index in [-0.39, 0.29) is 0 Å². The Labute approximate surface area is 97.6 Å². The number of nitrogens with one attached hydrogen (secondary N) is 1. The number of carbonyl (C=O) groups excluding carboxylic acids is 1. The van der Waals surface area contributed by atoms with Crippen molar-refractivity contribution in [2.45, 2.75) is 38.6 Å². The van der Waals surface area contributed by atoms with Crippen LogP contribution >= 0.6 is 0 Å². The summed E-state index contributed by atoms with van der Waals surface area (Å²) in [5.41, 5.74) is 0. The molecule has 1 aliphatic heterocycles. The van der Waals surface area contributed by atoms with E-state index in [1.807, 2.05) is 0 Å². The van der Waals surface area contributed by atoms with Crippen molar-refractivity contribution in [3.63, 3.8) is 0 Å². The molecule has 90 valence electrons. The molecule has 2 bridgehead atoms.